The molecule has 0 aliphatic rings. The van der Waals surface area contributed by atoms with Crippen molar-refractivity contribution < 1.29 is 9.90 Å². The summed E-state index contributed by atoms with van der Waals surface area (Å²) in [6.07, 6.45) is 4.68. The van der Waals surface area contributed by atoms with Crippen molar-refractivity contribution in [1.82, 2.24) is 15.0 Å². The fourth-order valence-corrected chi connectivity index (χ4v) is 1.84. The van der Waals surface area contributed by atoms with E-state index >= 15 is 0 Å². The molecule has 2 aromatic heterocycles. The average Bonchev–Trinajstić information content (AvgIpc) is 2.43. The van der Waals surface area contributed by atoms with Crippen molar-refractivity contribution in [1.29, 1.82) is 0 Å². The lowest BCUT2D eigenvalue weighted by Gasteiger charge is -2.12. The standard InChI is InChI=1S/C13H16N4O2/c1-2-3-9(13(18)19)8-16-11-5-4-10-12(17-11)15-7-6-14-10/h4-7,9H,2-3,8H2,1H3,(H,18,19)(H,15,16,17). The second-order valence-electron chi connectivity index (χ2n) is 4.30. The van der Waals surface area contributed by atoms with E-state index in [9.17, 15) is 4.79 Å². The second-order valence-corrected chi connectivity index (χ2v) is 4.30. The maximum atomic E-state index is 11.0. The summed E-state index contributed by atoms with van der Waals surface area (Å²) in [6.45, 7) is 2.34. The van der Waals surface area contributed by atoms with Gasteiger partial charge >= 0.3 is 5.97 Å². The quantitative estimate of drug-likeness (QED) is 0.825. The van der Waals surface area contributed by atoms with Crippen LogP contribution in [0.25, 0.3) is 11.2 Å². The number of carboxylic acids is 1. The lowest BCUT2D eigenvalue weighted by Crippen LogP contribution is -2.23. The highest BCUT2D eigenvalue weighted by atomic mass is 16.4. The number of fused-ring (bicyclic) bond motifs is 1. The smallest absolute Gasteiger partial charge is 0.308 e. The molecule has 0 aliphatic carbocycles. The van der Waals surface area contributed by atoms with E-state index in [4.69, 9.17) is 5.11 Å². The van der Waals surface area contributed by atoms with Gasteiger partial charge < -0.3 is 10.4 Å². The van der Waals surface area contributed by atoms with Crippen LogP contribution in [0, 0.1) is 5.92 Å². The minimum absolute atomic E-state index is 0.363. The largest absolute Gasteiger partial charge is 0.481 e. The maximum Gasteiger partial charge on any atom is 0.308 e. The van der Waals surface area contributed by atoms with Crippen LogP contribution in [0.3, 0.4) is 0 Å². The Morgan fingerprint density at radius 2 is 2.16 bits per heavy atom. The van der Waals surface area contributed by atoms with Crippen molar-refractivity contribution in [2.24, 2.45) is 5.92 Å². The highest BCUT2D eigenvalue weighted by Gasteiger charge is 2.16. The number of hydrogen-bond acceptors (Lipinski definition) is 5. The summed E-state index contributed by atoms with van der Waals surface area (Å²) in [5.74, 6) is -0.561. The highest BCUT2D eigenvalue weighted by molar-refractivity contribution is 5.72. The van der Waals surface area contributed by atoms with Crippen molar-refractivity contribution in [2.45, 2.75) is 19.8 Å². The third-order valence-electron chi connectivity index (χ3n) is 2.85. The van der Waals surface area contributed by atoms with Gasteiger partial charge in [-0.2, -0.15) is 0 Å². The minimum Gasteiger partial charge on any atom is -0.481 e. The first-order chi connectivity index (χ1) is 9.20. The summed E-state index contributed by atoms with van der Waals surface area (Å²) < 4.78 is 0. The van der Waals surface area contributed by atoms with Crippen LogP contribution in [-0.2, 0) is 4.79 Å². The van der Waals surface area contributed by atoms with Gasteiger partial charge in [-0.25, -0.2) is 9.97 Å². The van der Waals surface area contributed by atoms with E-state index in [1.54, 1.807) is 18.5 Å². The Hall–Kier alpha value is -2.24. The zero-order valence-electron chi connectivity index (χ0n) is 10.7. The molecule has 0 aliphatic heterocycles. The van der Waals surface area contributed by atoms with Gasteiger partial charge in [-0.3, -0.25) is 9.78 Å². The number of rotatable bonds is 6. The van der Waals surface area contributed by atoms with E-state index in [0.717, 1.165) is 11.9 Å². The van der Waals surface area contributed by atoms with E-state index in [1.165, 1.54) is 0 Å². The third-order valence-corrected chi connectivity index (χ3v) is 2.85. The second kappa shape index (κ2) is 6.08. The SMILES string of the molecule is CCCC(CNc1ccc2nccnc2n1)C(=O)O. The first-order valence-electron chi connectivity index (χ1n) is 6.25. The molecule has 0 amide bonds. The summed E-state index contributed by atoms with van der Waals surface area (Å²) in [5.41, 5.74) is 1.27. The number of anilines is 1. The van der Waals surface area contributed by atoms with Crippen molar-refractivity contribution in [3.8, 4) is 0 Å². The van der Waals surface area contributed by atoms with Gasteiger partial charge in [0.1, 0.15) is 11.3 Å². The van der Waals surface area contributed by atoms with Crippen molar-refractivity contribution >= 4 is 23.0 Å². The summed E-state index contributed by atoms with van der Waals surface area (Å²) >= 11 is 0. The van der Waals surface area contributed by atoms with Crippen LogP contribution in [0.2, 0.25) is 0 Å². The normalized spacial score (nSPS) is 12.3. The number of nitrogens with one attached hydrogen (secondary N) is 1. The van der Waals surface area contributed by atoms with Crippen LogP contribution in [0.15, 0.2) is 24.5 Å². The molecular weight excluding hydrogens is 244 g/mol. The molecule has 0 bridgehead atoms. The molecule has 19 heavy (non-hydrogen) atoms. The van der Waals surface area contributed by atoms with Gasteiger partial charge in [-0.05, 0) is 18.6 Å². The molecule has 6 nitrogen and oxygen atoms in total. The molecule has 0 aromatic carbocycles. The molecule has 2 rings (SSSR count). The average molecular weight is 260 g/mol. The Bertz CT molecular complexity index is 573. The zero-order chi connectivity index (χ0) is 13.7. The molecule has 0 fully saturated rings. The lowest BCUT2D eigenvalue weighted by molar-refractivity contribution is -0.141. The molecule has 2 aromatic rings. The number of pyridine rings is 1. The Kier molecular flexibility index (Phi) is 4.22. The van der Waals surface area contributed by atoms with Crippen LogP contribution in [0.4, 0.5) is 5.82 Å². The Labute approximate surface area is 110 Å². The van der Waals surface area contributed by atoms with E-state index in [2.05, 4.69) is 20.3 Å². The van der Waals surface area contributed by atoms with Gasteiger partial charge in [0.2, 0.25) is 0 Å². The van der Waals surface area contributed by atoms with Gasteiger partial charge in [-0.1, -0.05) is 13.3 Å². The van der Waals surface area contributed by atoms with Crippen molar-refractivity contribution in [2.75, 3.05) is 11.9 Å². The number of aromatic nitrogens is 3. The van der Waals surface area contributed by atoms with E-state index in [-0.39, 0.29) is 0 Å². The molecule has 0 saturated carbocycles. The molecule has 0 saturated heterocycles. The van der Waals surface area contributed by atoms with Crippen LogP contribution >= 0.6 is 0 Å². The van der Waals surface area contributed by atoms with Gasteiger partial charge in [0, 0.05) is 18.9 Å². The highest BCUT2D eigenvalue weighted by Crippen LogP contribution is 2.12. The minimum atomic E-state index is -0.782. The molecule has 2 heterocycles. The molecule has 1 atom stereocenters. The van der Waals surface area contributed by atoms with Gasteiger partial charge in [0.15, 0.2) is 5.65 Å². The van der Waals surface area contributed by atoms with Gasteiger partial charge in [0.25, 0.3) is 0 Å². The molecule has 2 N–H and O–H groups in total. The summed E-state index contributed by atoms with van der Waals surface area (Å²) in [4.78, 5) is 23.6. The molecule has 6 heteroatoms. The maximum absolute atomic E-state index is 11.0. The number of nitrogens with zero attached hydrogens (tertiary/aromatic N) is 3. The zero-order valence-corrected chi connectivity index (χ0v) is 10.7. The van der Waals surface area contributed by atoms with Gasteiger partial charge in [-0.15, -0.1) is 0 Å². The van der Waals surface area contributed by atoms with Gasteiger partial charge in [0.05, 0.1) is 5.92 Å². The molecule has 0 radical (unpaired) electrons. The first kappa shape index (κ1) is 13.2. The third kappa shape index (κ3) is 3.37. The van der Waals surface area contributed by atoms with Crippen LogP contribution < -0.4 is 5.32 Å². The van der Waals surface area contributed by atoms with Crippen molar-refractivity contribution in [3.05, 3.63) is 24.5 Å². The van der Waals surface area contributed by atoms with Crippen LogP contribution in [0.5, 0.6) is 0 Å². The molecule has 100 valence electrons. The summed E-state index contributed by atoms with van der Waals surface area (Å²) in [5, 5.41) is 12.1. The Morgan fingerprint density at radius 1 is 1.37 bits per heavy atom. The fourth-order valence-electron chi connectivity index (χ4n) is 1.84. The molecule has 1 unspecified atom stereocenters. The van der Waals surface area contributed by atoms with E-state index in [1.807, 2.05) is 13.0 Å². The Morgan fingerprint density at radius 3 is 2.89 bits per heavy atom. The number of carboxylic acid groups (broad SMARTS) is 1. The number of carbonyl (C=O) groups is 1. The lowest BCUT2D eigenvalue weighted by atomic mass is 10.0. The number of aliphatic carboxylic acids is 1. The topological polar surface area (TPSA) is 88.0 Å². The van der Waals surface area contributed by atoms with Crippen LogP contribution in [-0.4, -0.2) is 32.6 Å². The predicted molar refractivity (Wildman–Crippen MR) is 71.9 cm³/mol. The summed E-state index contributed by atoms with van der Waals surface area (Å²) in [6, 6.07) is 3.59. The summed E-state index contributed by atoms with van der Waals surface area (Å²) in [7, 11) is 0. The first-order valence-corrected chi connectivity index (χ1v) is 6.25. The van der Waals surface area contributed by atoms with Crippen LogP contribution in [0.1, 0.15) is 19.8 Å². The molecular formula is C13H16N4O2. The fraction of sp³-hybridized carbons (Fsp3) is 0.385. The molecule has 0 spiro atoms. The predicted octanol–water partition coefficient (Wildman–Crippen LogP) is 1.94. The van der Waals surface area contributed by atoms with E-state index in [0.29, 0.717) is 24.4 Å². The van der Waals surface area contributed by atoms with E-state index < -0.39 is 11.9 Å². The van der Waals surface area contributed by atoms with Crippen molar-refractivity contribution in [3.63, 3.8) is 0 Å². The number of hydrogen-bond donors (Lipinski definition) is 2. The monoisotopic (exact) mass is 260 g/mol. The Balaban J connectivity index is 2.06.